The minimum atomic E-state index is -2.80. The highest BCUT2D eigenvalue weighted by molar-refractivity contribution is 9.13. The first-order valence-corrected chi connectivity index (χ1v) is 8.58. The van der Waals surface area contributed by atoms with Crippen LogP contribution in [-0.4, -0.2) is 6.61 Å². The topological polar surface area (TPSA) is 21.3 Å². The molecule has 0 saturated heterocycles. The molecule has 0 spiro atoms. The molecule has 2 nitrogen and oxygen atoms in total. The van der Waals surface area contributed by atoms with Crippen molar-refractivity contribution in [2.45, 2.75) is 26.1 Å². The fourth-order valence-electron chi connectivity index (χ4n) is 1.81. The van der Waals surface area contributed by atoms with Crippen molar-refractivity contribution in [3.63, 3.8) is 0 Å². The van der Waals surface area contributed by atoms with Gasteiger partial charge in [-0.15, -0.1) is 11.3 Å². The van der Waals surface area contributed by atoms with E-state index in [-0.39, 0.29) is 11.8 Å². The molecule has 0 amide bonds. The van der Waals surface area contributed by atoms with Crippen molar-refractivity contribution in [2.75, 3.05) is 0 Å². The first kappa shape index (κ1) is 16.9. The summed E-state index contributed by atoms with van der Waals surface area (Å²) in [6.45, 7) is -0.112. The van der Waals surface area contributed by atoms with E-state index in [1.54, 1.807) is 23.5 Å². The molecule has 0 aliphatic heterocycles. The molecule has 0 aliphatic carbocycles. The van der Waals surface area contributed by atoms with E-state index in [0.29, 0.717) is 6.54 Å². The first-order valence-electron chi connectivity index (χ1n) is 6.17. The second kappa shape index (κ2) is 7.67. The summed E-state index contributed by atoms with van der Waals surface area (Å²) >= 11 is 8.55. The van der Waals surface area contributed by atoms with Crippen LogP contribution in [0.3, 0.4) is 0 Å². The van der Waals surface area contributed by atoms with E-state index in [1.165, 1.54) is 10.9 Å². The van der Waals surface area contributed by atoms with Gasteiger partial charge in [0.25, 0.3) is 0 Å². The van der Waals surface area contributed by atoms with Gasteiger partial charge in [-0.25, -0.2) is 0 Å². The normalized spacial score (nSPS) is 12.7. The van der Waals surface area contributed by atoms with Crippen LogP contribution in [0.5, 0.6) is 5.75 Å². The average molecular weight is 441 g/mol. The molecule has 2 aromatic rings. The largest absolute Gasteiger partial charge is 0.435 e. The van der Waals surface area contributed by atoms with Crippen LogP contribution in [-0.2, 0) is 6.54 Å². The lowest BCUT2D eigenvalue weighted by Gasteiger charge is -2.15. The molecule has 1 atom stereocenters. The van der Waals surface area contributed by atoms with E-state index < -0.39 is 6.61 Å². The maximum absolute atomic E-state index is 12.2. The number of halogens is 4. The molecule has 0 fully saturated rings. The minimum Gasteiger partial charge on any atom is -0.435 e. The van der Waals surface area contributed by atoms with Crippen LogP contribution in [0.25, 0.3) is 0 Å². The Labute approximate surface area is 142 Å². The van der Waals surface area contributed by atoms with Crippen molar-refractivity contribution < 1.29 is 13.5 Å². The van der Waals surface area contributed by atoms with Gasteiger partial charge in [-0.1, -0.05) is 12.1 Å². The van der Waals surface area contributed by atoms with Crippen LogP contribution >= 0.6 is 43.2 Å². The Morgan fingerprint density at radius 1 is 1.29 bits per heavy atom. The van der Waals surface area contributed by atoms with Crippen LogP contribution in [0.2, 0.25) is 0 Å². The van der Waals surface area contributed by atoms with E-state index >= 15 is 0 Å². The van der Waals surface area contributed by atoms with E-state index in [4.69, 9.17) is 0 Å². The highest BCUT2D eigenvalue weighted by atomic mass is 79.9. The Kier molecular flexibility index (Phi) is 6.16. The quantitative estimate of drug-likeness (QED) is 0.619. The zero-order valence-corrected chi connectivity index (χ0v) is 15.1. The predicted octanol–water partition coefficient (Wildman–Crippen LogP) is 5.73. The molecule has 1 aromatic heterocycles. The first-order chi connectivity index (χ1) is 9.95. The molecule has 0 saturated carbocycles. The van der Waals surface area contributed by atoms with Crippen LogP contribution in [0.4, 0.5) is 8.78 Å². The van der Waals surface area contributed by atoms with Crippen LogP contribution < -0.4 is 10.1 Å². The lowest BCUT2D eigenvalue weighted by molar-refractivity contribution is -0.0499. The van der Waals surface area contributed by atoms with Gasteiger partial charge >= 0.3 is 6.61 Å². The molecule has 114 valence electrons. The fourth-order valence-corrected chi connectivity index (χ4v) is 3.94. The maximum Gasteiger partial charge on any atom is 0.387 e. The van der Waals surface area contributed by atoms with Gasteiger partial charge in [0.2, 0.25) is 0 Å². The highest BCUT2D eigenvalue weighted by Gasteiger charge is 2.10. The lowest BCUT2D eigenvalue weighted by atomic mass is 10.1. The Hall–Kier alpha value is -0.500. The molecule has 0 bridgehead atoms. The molecular weight excluding hydrogens is 428 g/mol. The molecule has 21 heavy (non-hydrogen) atoms. The third-order valence-corrected chi connectivity index (χ3v) is 6.12. The molecule has 0 aliphatic rings. The molecule has 2 rings (SSSR count). The predicted molar refractivity (Wildman–Crippen MR) is 88.0 cm³/mol. The van der Waals surface area contributed by atoms with Crippen molar-refractivity contribution in [3.8, 4) is 5.75 Å². The summed E-state index contributed by atoms with van der Waals surface area (Å²) in [7, 11) is 0. The number of thiophene rings is 1. The second-order valence-electron chi connectivity index (χ2n) is 4.39. The number of hydrogen-bond acceptors (Lipinski definition) is 3. The minimum absolute atomic E-state index is 0.0332. The third kappa shape index (κ3) is 5.02. The summed E-state index contributed by atoms with van der Waals surface area (Å²) < 4.78 is 30.9. The fraction of sp³-hybridized carbons (Fsp3) is 0.286. The number of alkyl halides is 2. The monoisotopic (exact) mass is 439 g/mol. The second-order valence-corrected chi connectivity index (χ2v) is 7.70. The number of ether oxygens (including phenoxy) is 1. The zero-order valence-electron chi connectivity index (χ0n) is 11.1. The Bertz CT molecular complexity index is 587. The Balaban J connectivity index is 1.98. The summed E-state index contributed by atoms with van der Waals surface area (Å²) in [5, 5.41) is 3.36. The summed E-state index contributed by atoms with van der Waals surface area (Å²) in [6, 6.07) is 8.83. The third-order valence-electron chi connectivity index (χ3n) is 2.86. The van der Waals surface area contributed by atoms with E-state index in [1.807, 2.05) is 19.1 Å². The molecule has 1 unspecified atom stereocenters. The molecule has 1 heterocycles. The van der Waals surface area contributed by atoms with Crippen molar-refractivity contribution in [3.05, 3.63) is 49.0 Å². The van der Waals surface area contributed by atoms with Crippen LogP contribution in [0.1, 0.15) is 23.4 Å². The lowest BCUT2D eigenvalue weighted by Crippen LogP contribution is -2.17. The van der Waals surface area contributed by atoms with Gasteiger partial charge in [0.05, 0.1) is 3.79 Å². The van der Waals surface area contributed by atoms with Gasteiger partial charge in [0.15, 0.2) is 0 Å². The molecule has 1 aromatic carbocycles. The SMILES string of the molecule is CC(NCc1cc(Br)c(Br)s1)c1cccc(OC(F)F)c1. The van der Waals surface area contributed by atoms with Crippen molar-refractivity contribution in [1.82, 2.24) is 5.32 Å². The molecule has 1 N–H and O–H groups in total. The Morgan fingerprint density at radius 2 is 2.05 bits per heavy atom. The van der Waals surface area contributed by atoms with Gasteiger partial charge < -0.3 is 10.1 Å². The van der Waals surface area contributed by atoms with Crippen molar-refractivity contribution in [2.24, 2.45) is 0 Å². The summed E-state index contributed by atoms with van der Waals surface area (Å²) in [6.07, 6.45) is 0. The van der Waals surface area contributed by atoms with E-state index in [0.717, 1.165) is 13.8 Å². The molecular formula is C14H13Br2F2NOS. The van der Waals surface area contributed by atoms with Crippen molar-refractivity contribution >= 4 is 43.2 Å². The smallest absolute Gasteiger partial charge is 0.387 e. The van der Waals surface area contributed by atoms with Gasteiger partial charge in [0, 0.05) is 21.9 Å². The summed E-state index contributed by atoms with van der Waals surface area (Å²) in [4.78, 5) is 1.18. The van der Waals surface area contributed by atoms with Gasteiger partial charge in [0.1, 0.15) is 5.75 Å². The number of benzene rings is 1. The van der Waals surface area contributed by atoms with E-state index in [9.17, 15) is 8.78 Å². The van der Waals surface area contributed by atoms with Gasteiger partial charge in [-0.2, -0.15) is 8.78 Å². The Morgan fingerprint density at radius 3 is 2.67 bits per heavy atom. The molecule has 0 radical (unpaired) electrons. The summed E-state index contributed by atoms with van der Waals surface area (Å²) in [5.41, 5.74) is 0.905. The summed E-state index contributed by atoms with van der Waals surface area (Å²) in [5.74, 6) is 0.178. The standard InChI is InChI=1S/C14H13Br2F2NOS/c1-8(19-7-11-6-12(15)13(16)21-11)9-3-2-4-10(5-9)20-14(17)18/h2-6,8,14,19H,7H2,1H3. The maximum atomic E-state index is 12.2. The zero-order chi connectivity index (χ0) is 15.4. The highest BCUT2D eigenvalue weighted by Crippen LogP contribution is 2.32. The molecule has 7 heteroatoms. The van der Waals surface area contributed by atoms with Crippen LogP contribution in [0.15, 0.2) is 38.6 Å². The number of nitrogens with one attached hydrogen (secondary N) is 1. The van der Waals surface area contributed by atoms with Gasteiger partial charge in [-0.3, -0.25) is 0 Å². The number of rotatable bonds is 6. The van der Waals surface area contributed by atoms with E-state index in [2.05, 4.69) is 41.9 Å². The van der Waals surface area contributed by atoms with Gasteiger partial charge in [-0.05, 0) is 62.5 Å². The van der Waals surface area contributed by atoms with Crippen LogP contribution in [0, 0.1) is 0 Å². The number of hydrogen-bond donors (Lipinski definition) is 1. The average Bonchev–Trinajstić information content (AvgIpc) is 2.75. The van der Waals surface area contributed by atoms with Crippen molar-refractivity contribution in [1.29, 1.82) is 0 Å².